The van der Waals surface area contributed by atoms with Gasteiger partial charge in [0.1, 0.15) is 6.04 Å². The maximum Gasteiger partial charge on any atom is 0.247 e. The molecule has 2 rings (SSSR count). The summed E-state index contributed by atoms with van der Waals surface area (Å²) in [6, 6.07) is 8.39. The summed E-state index contributed by atoms with van der Waals surface area (Å²) in [6.45, 7) is 4.30. The van der Waals surface area contributed by atoms with E-state index < -0.39 is 6.04 Å². The van der Waals surface area contributed by atoms with E-state index in [1.165, 1.54) is 0 Å². The Bertz CT molecular complexity index is 516. The molecule has 100 valence electrons. The highest BCUT2D eigenvalue weighted by Crippen LogP contribution is 2.27. The zero-order valence-electron chi connectivity index (χ0n) is 11.1. The number of hydrogen-bond acceptors (Lipinski definition) is 4. The summed E-state index contributed by atoms with van der Waals surface area (Å²) < 4.78 is 0. The Morgan fingerprint density at radius 2 is 2.11 bits per heavy atom. The molecule has 0 aromatic heterocycles. The molecule has 5 heteroatoms. The third-order valence-corrected chi connectivity index (χ3v) is 3.34. The molecule has 0 saturated carbocycles. The number of anilines is 1. The van der Waals surface area contributed by atoms with Crippen LogP contribution in [-0.4, -0.2) is 35.7 Å². The van der Waals surface area contributed by atoms with Crippen molar-refractivity contribution < 1.29 is 9.90 Å². The average molecular weight is 259 g/mol. The highest BCUT2D eigenvalue weighted by molar-refractivity contribution is 5.99. The van der Waals surface area contributed by atoms with E-state index in [1.54, 1.807) is 29.2 Å². The van der Waals surface area contributed by atoms with Crippen molar-refractivity contribution in [3.05, 3.63) is 29.8 Å². The van der Waals surface area contributed by atoms with Crippen LogP contribution < -0.4 is 10.2 Å². The Labute approximate surface area is 112 Å². The van der Waals surface area contributed by atoms with Gasteiger partial charge in [0.2, 0.25) is 5.91 Å². The van der Waals surface area contributed by atoms with Crippen LogP contribution in [0.3, 0.4) is 0 Å². The van der Waals surface area contributed by atoms with Gasteiger partial charge >= 0.3 is 0 Å². The van der Waals surface area contributed by atoms with Crippen LogP contribution in [0.2, 0.25) is 0 Å². The fraction of sp³-hybridized carbons (Fsp3) is 0.429. The SMILES string of the molecule is CC1(C)CNC(CO)C(=O)N1c1ccc(C#N)cc1. The van der Waals surface area contributed by atoms with Gasteiger partial charge in [-0.1, -0.05) is 0 Å². The van der Waals surface area contributed by atoms with Gasteiger partial charge in [0.25, 0.3) is 0 Å². The van der Waals surface area contributed by atoms with Crippen molar-refractivity contribution in [2.75, 3.05) is 18.1 Å². The van der Waals surface area contributed by atoms with Crippen LogP contribution in [0.1, 0.15) is 19.4 Å². The minimum Gasteiger partial charge on any atom is -0.394 e. The number of rotatable bonds is 2. The Kier molecular flexibility index (Phi) is 3.56. The first kappa shape index (κ1) is 13.5. The van der Waals surface area contributed by atoms with Crippen molar-refractivity contribution in [3.63, 3.8) is 0 Å². The van der Waals surface area contributed by atoms with Crippen LogP contribution >= 0.6 is 0 Å². The van der Waals surface area contributed by atoms with Gasteiger partial charge in [0.15, 0.2) is 0 Å². The number of aliphatic hydroxyl groups excluding tert-OH is 1. The standard InChI is InChI=1S/C14H17N3O2/c1-14(2)9-16-12(8-18)13(19)17(14)11-5-3-10(7-15)4-6-11/h3-6,12,16,18H,8-9H2,1-2H3. The third-order valence-electron chi connectivity index (χ3n) is 3.34. The molecule has 1 aromatic carbocycles. The summed E-state index contributed by atoms with van der Waals surface area (Å²) in [5.41, 5.74) is 0.925. The number of hydrogen-bond donors (Lipinski definition) is 2. The van der Waals surface area contributed by atoms with Crippen LogP contribution in [0.25, 0.3) is 0 Å². The fourth-order valence-electron chi connectivity index (χ4n) is 2.30. The first-order valence-electron chi connectivity index (χ1n) is 6.18. The first-order valence-corrected chi connectivity index (χ1v) is 6.18. The molecular weight excluding hydrogens is 242 g/mol. The second-order valence-corrected chi connectivity index (χ2v) is 5.26. The van der Waals surface area contributed by atoms with Gasteiger partial charge in [-0.15, -0.1) is 0 Å². The summed E-state index contributed by atoms with van der Waals surface area (Å²) >= 11 is 0. The van der Waals surface area contributed by atoms with E-state index in [-0.39, 0.29) is 18.1 Å². The molecule has 1 fully saturated rings. The molecule has 0 aliphatic carbocycles. The number of nitrogens with one attached hydrogen (secondary N) is 1. The minimum absolute atomic E-state index is 0.150. The van der Waals surface area contributed by atoms with Gasteiger partial charge in [0.05, 0.1) is 23.8 Å². The molecule has 19 heavy (non-hydrogen) atoms. The lowest BCUT2D eigenvalue weighted by Gasteiger charge is -2.45. The molecular formula is C14H17N3O2. The van der Waals surface area contributed by atoms with E-state index in [9.17, 15) is 9.90 Å². The van der Waals surface area contributed by atoms with Gasteiger partial charge in [-0.2, -0.15) is 5.26 Å². The number of amides is 1. The smallest absolute Gasteiger partial charge is 0.247 e. The molecule has 2 N–H and O–H groups in total. The number of carbonyl (C=O) groups excluding carboxylic acids is 1. The van der Waals surface area contributed by atoms with Crippen molar-refractivity contribution in [2.45, 2.75) is 25.4 Å². The van der Waals surface area contributed by atoms with Crippen LogP contribution in [0.4, 0.5) is 5.69 Å². The van der Waals surface area contributed by atoms with Gasteiger partial charge in [-0.25, -0.2) is 0 Å². The van der Waals surface area contributed by atoms with E-state index in [4.69, 9.17) is 5.26 Å². The molecule has 0 bridgehead atoms. The molecule has 1 aliphatic heterocycles. The minimum atomic E-state index is -0.566. The lowest BCUT2D eigenvalue weighted by Crippen LogP contribution is -2.66. The molecule has 0 spiro atoms. The summed E-state index contributed by atoms with van der Waals surface area (Å²) in [5.74, 6) is -0.150. The summed E-state index contributed by atoms with van der Waals surface area (Å²) in [5, 5.41) is 21.1. The Morgan fingerprint density at radius 3 is 2.63 bits per heavy atom. The van der Waals surface area contributed by atoms with E-state index in [0.717, 1.165) is 5.69 Å². The van der Waals surface area contributed by atoms with Gasteiger partial charge in [-0.3, -0.25) is 4.79 Å². The molecule has 1 atom stereocenters. The maximum atomic E-state index is 12.4. The molecule has 1 aliphatic rings. The molecule has 1 aromatic rings. The van der Waals surface area contributed by atoms with Crippen LogP contribution in [0, 0.1) is 11.3 Å². The number of carbonyl (C=O) groups is 1. The van der Waals surface area contributed by atoms with Crippen molar-refractivity contribution in [1.29, 1.82) is 5.26 Å². The Hall–Kier alpha value is -1.90. The second-order valence-electron chi connectivity index (χ2n) is 5.26. The van der Waals surface area contributed by atoms with Crippen LogP contribution in [-0.2, 0) is 4.79 Å². The molecule has 0 radical (unpaired) electrons. The van der Waals surface area contributed by atoms with E-state index in [2.05, 4.69) is 11.4 Å². The summed E-state index contributed by atoms with van der Waals surface area (Å²) in [7, 11) is 0. The third kappa shape index (κ3) is 2.46. The predicted molar refractivity (Wildman–Crippen MR) is 71.6 cm³/mol. The predicted octanol–water partition coefficient (Wildman–Crippen LogP) is 0.634. The molecule has 1 saturated heterocycles. The lowest BCUT2D eigenvalue weighted by molar-refractivity contribution is -0.124. The topological polar surface area (TPSA) is 76.4 Å². The lowest BCUT2D eigenvalue weighted by atomic mass is 9.95. The van der Waals surface area contributed by atoms with Crippen LogP contribution in [0.15, 0.2) is 24.3 Å². The quantitative estimate of drug-likeness (QED) is 0.817. The van der Waals surface area contributed by atoms with Gasteiger partial charge < -0.3 is 15.3 Å². The molecule has 1 heterocycles. The highest BCUT2D eigenvalue weighted by atomic mass is 16.3. The monoisotopic (exact) mass is 259 g/mol. The van der Waals surface area contributed by atoms with Crippen molar-refractivity contribution in [2.24, 2.45) is 0 Å². The number of benzene rings is 1. The number of nitriles is 1. The van der Waals surface area contributed by atoms with E-state index in [0.29, 0.717) is 12.1 Å². The Balaban J connectivity index is 2.37. The van der Waals surface area contributed by atoms with E-state index >= 15 is 0 Å². The van der Waals surface area contributed by atoms with Crippen LogP contribution in [0.5, 0.6) is 0 Å². The first-order chi connectivity index (χ1) is 8.99. The number of nitrogens with zero attached hydrogens (tertiary/aromatic N) is 2. The highest BCUT2D eigenvalue weighted by Gasteiger charge is 2.40. The average Bonchev–Trinajstić information content (AvgIpc) is 2.39. The summed E-state index contributed by atoms with van der Waals surface area (Å²) in [4.78, 5) is 14.1. The van der Waals surface area contributed by atoms with Gasteiger partial charge in [0, 0.05) is 12.2 Å². The van der Waals surface area contributed by atoms with Gasteiger partial charge in [-0.05, 0) is 38.1 Å². The molecule has 5 nitrogen and oxygen atoms in total. The fourth-order valence-corrected chi connectivity index (χ4v) is 2.30. The van der Waals surface area contributed by atoms with Crippen molar-refractivity contribution in [1.82, 2.24) is 5.32 Å². The second kappa shape index (κ2) is 5.00. The normalized spacial score (nSPS) is 22.1. The largest absolute Gasteiger partial charge is 0.394 e. The van der Waals surface area contributed by atoms with Crippen molar-refractivity contribution >= 4 is 11.6 Å². The maximum absolute atomic E-state index is 12.4. The zero-order valence-corrected chi connectivity index (χ0v) is 11.1. The summed E-state index contributed by atoms with van der Waals surface area (Å²) in [6.07, 6.45) is 0. The zero-order chi connectivity index (χ0) is 14.0. The Morgan fingerprint density at radius 1 is 1.47 bits per heavy atom. The number of aliphatic hydroxyl groups is 1. The number of piperazine rings is 1. The van der Waals surface area contributed by atoms with Crippen molar-refractivity contribution in [3.8, 4) is 6.07 Å². The molecule has 1 unspecified atom stereocenters. The van der Waals surface area contributed by atoms with E-state index in [1.807, 2.05) is 13.8 Å². The molecule has 1 amide bonds.